The number of hydrogen-bond acceptors (Lipinski definition) is 5. The SMILES string of the molecule is COc1ccc([C@H]2C3=C(N=c4s/c(=C\c5ccc(OCc6ccc(Cl)c(Cl)c6)cc5)c(=O)n42)c2ccccc2CC3)cc1. The Bertz CT molecular complexity index is 2060. The lowest BCUT2D eigenvalue weighted by Gasteiger charge is -2.30. The largest absolute Gasteiger partial charge is 0.497 e. The zero-order chi connectivity index (χ0) is 29.5. The van der Waals surface area contributed by atoms with Crippen molar-refractivity contribution in [2.24, 2.45) is 4.99 Å². The molecule has 43 heavy (non-hydrogen) atoms. The Morgan fingerprint density at radius 3 is 2.47 bits per heavy atom. The number of halogens is 2. The van der Waals surface area contributed by atoms with Crippen LogP contribution >= 0.6 is 34.5 Å². The lowest BCUT2D eigenvalue weighted by Crippen LogP contribution is -2.38. The number of thiazole rings is 1. The monoisotopic (exact) mass is 624 g/mol. The number of methoxy groups -OCH3 is 1. The van der Waals surface area contributed by atoms with Crippen molar-refractivity contribution >= 4 is 46.3 Å². The van der Waals surface area contributed by atoms with Gasteiger partial charge in [0.25, 0.3) is 5.56 Å². The fourth-order valence-electron chi connectivity index (χ4n) is 5.72. The zero-order valence-corrected chi connectivity index (χ0v) is 25.5. The van der Waals surface area contributed by atoms with Crippen molar-refractivity contribution in [1.29, 1.82) is 0 Å². The Labute approximate surface area is 262 Å². The fraction of sp³-hybridized carbons (Fsp3) is 0.143. The molecule has 0 spiro atoms. The van der Waals surface area contributed by atoms with E-state index in [1.165, 1.54) is 22.5 Å². The van der Waals surface area contributed by atoms with Crippen molar-refractivity contribution < 1.29 is 9.47 Å². The minimum absolute atomic E-state index is 0.0464. The summed E-state index contributed by atoms with van der Waals surface area (Å²) in [5, 5.41) is 1.01. The van der Waals surface area contributed by atoms with E-state index < -0.39 is 0 Å². The van der Waals surface area contributed by atoms with Crippen LogP contribution in [0.5, 0.6) is 11.5 Å². The Morgan fingerprint density at radius 2 is 1.70 bits per heavy atom. The molecule has 5 nitrogen and oxygen atoms in total. The van der Waals surface area contributed by atoms with Crippen molar-refractivity contribution in [3.05, 3.63) is 154 Å². The van der Waals surface area contributed by atoms with Crippen LogP contribution in [0.3, 0.4) is 0 Å². The minimum Gasteiger partial charge on any atom is -0.497 e. The van der Waals surface area contributed by atoms with E-state index in [2.05, 4.69) is 24.3 Å². The maximum Gasteiger partial charge on any atom is 0.271 e. The Hall–Kier alpha value is -4.10. The molecule has 1 aromatic heterocycles. The number of aromatic nitrogens is 1. The second-order valence-electron chi connectivity index (χ2n) is 10.5. The predicted molar refractivity (Wildman–Crippen MR) is 173 cm³/mol. The summed E-state index contributed by atoms with van der Waals surface area (Å²) in [7, 11) is 1.66. The predicted octanol–water partition coefficient (Wildman–Crippen LogP) is 7.21. The van der Waals surface area contributed by atoms with Gasteiger partial charge >= 0.3 is 0 Å². The van der Waals surface area contributed by atoms with Crippen LogP contribution in [0.2, 0.25) is 10.0 Å². The number of ether oxygens (including phenoxy) is 2. The third kappa shape index (κ3) is 5.31. The van der Waals surface area contributed by atoms with E-state index in [-0.39, 0.29) is 11.6 Å². The molecule has 0 amide bonds. The molecular weight excluding hydrogens is 599 g/mol. The molecule has 1 atom stereocenters. The molecule has 0 fully saturated rings. The lowest BCUT2D eigenvalue weighted by atomic mass is 9.83. The van der Waals surface area contributed by atoms with Crippen LogP contribution in [-0.2, 0) is 13.0 Å². The third-order valence-corrected chi connectivity index (χ3v) is 9.59. The number of aryl methyl sites for hydroxylation is 1. The normalized spacial score (nSPS) is 15.8. The molecule has 0 bridgehead atoms. The molecule has 7 rings (SSSR count). The van der Waals surface area contributed by atoms with Crippen molar-refractivity contribution in [3.8, 4) is 11.5 Å². The van der Waals surface area contributed by atoms with Gasteiger partial charge in [-0.3, -0.25) is 9.36 Å². The Kier molecular flexibility index (Phi) is 7.43. The van der Waals surface area contributed by atoms with Crippen molar-refractivity contribution in [2.45, 2.75) is 25.5 Å². The summed E-state index contributed by atoms with van der Waals surface area (Å²) < 4.78 is 13.8. The van der Waals surface area contributed by atoms with Gasteiger partial charge in [0.15, 0.2) is 4.80 Å². The number of fused-ring (bicyclic) bond motifs is 3. The summed E-state index contributed by atoms with van der Waals surface area (Å²) in [5.74, 6) is 1.50. The first-order valence-electron chi connectivity index (χ1n) is 13.9. The molecule has 214 valence electrons. The van der Waals surface area contributed by atoms with E-state index >= 15 is 0 Å². The third-order valence-electron chi connectivity index (χ3n) is 7.87. The van der Waals surface area contributed by atoms with Gasteiger partial charge in [0, 0.05) is 5.56 Å². The first-order valence-corrected chi connectivity index (χ1v) is 15.5. The summed E-state index contributed by atoms with van der Waals surface area (Å²) in [6.45, 7) is 0.369. The van der Waals surface area contributed by atoms with Crippen LogP contribution in [-0.4, -0.2) is 11.7 Å². The van der Waals surface area contributed by atoms with Gasteiger partial charge in [0.05, 0.1) is 33.4 Å². The molecule has 0 radical (unpaired) electrons. The number of nitrogens with zero attached hydrogens (tertiary/aromatic N) is 2. The van der Waals surface area contributed by atoms with E-state index in [0.29, 0.717) is 26.0 Å². The van der Waals surface area contributed by atoms with Crippen molar-refractivity contribution in [1.82, 2.24) is 4.57 Å². The summed E-state index contributed by atoms with van der Waals surface area (Å²) >= 11 is 13.6. The van der Waals surface area contributed by atoms with Gasteiger partial charge in [-0.1, -0.05) is 89.1 Å². The van der Waals surface area contributed by atoms with Crippen LogP contribution in [0.15, 0.2) is 106 Å². The molecule has 2 aliphatic rings. The summed E-state index contributed by atoms with van der Waals surface area (Å²) in [6.07, 6.45) is 3.69. The second-order valence-corrected chi connectivity index (χ2v) is 12.3. The van der Waals surface area contributed by atoms with Crippen LogP contribution in [0.1, 0.15) is 40.3 Å². The van der Waals surface area contributed by atoms with E-state index in [9.17, 15) is 4.79 Å². The standard InChI is InChI=1S/C35H26Cl2N2O3S/c1-41-25-14-9-24(10-15-25)33-28-16-11-23-4-2-3-5-27(23)32(28)38-35-39(33)34(40)31(43-35)19-21-6-12-26(13-7-21)42-20-22-8-17-29(36)30(37)18-22/h2-10,12-15,17-19,33H,11,16,20H2,1H3/b31-19-/t33-/m0/s1. The van der Waals surface area contributed by atoms with Crippen LogP contribution in [0, 0.1) is 0 Å². The molecule has 2 heterocycles. The number of allylic oxidation sites excluding steroid dienone is 1. The molecule has 8 heteroatoms. The fourth-order valence-corrected chi connectivity index (χ4v) is 7.04. The molecule has 1 aliphatic heterocycles. The highest BCUT2D eigenvalue weighted by Gasteiger charge is 2.32. The van der Waals surface area contributed by atoms with Crippen molar-refractivity contribution in [2.75, 3.05) is 7.11 Å². The maximum atomic E-state index is 14.0. The molecule has 1 aliphatic carbocycles. The number of hydrogen-bond donors (Lipinski definition) is 0. The maximum absolute atomic E-state index is 14.0. The van der Waals surface area contributed by atoms with Gasteiger partial charge in [-0.05, 0) is 83.1 Å². The second kappa shape index (κ2) is 11.5. The van der Waals surface area contributed by atoms with Gasteiger partial charge in [0.2, 0.25) is 0 Å². The first-order chi connectivity index (χ1) is 21.0. The lowest BCUT2D eigenvalue weighted by molar-refractivity contribution is 0.306. The van der Waals surface area contributed by atoms with E-state index in [1.807, 2.05) is 65.2 Å². The molecular formula is C35H26Cl2N2O3S. The van der Waals surface area contributed by atoms with E-state index in [4.69, 9.17) is 37.7 Å². The molecule has 4 aromatic carbocycles. The highest BCUT2D eigenvalue weighted by Crippen LogP contribution is 2.41. The van der Waals surface area contributed by atoms with Crippen LogP contribution < -0.4 is 24.4 Å². The summed E-state index contributed by atoms with van der Waals surface area (Å²) in [6, 6.07) is 29.4. The Balaban J connectivity index is 1.25. The van der Waals surface area contributed by atoms with Gasteiger partial charge in [-0.15, -0.1) is 0 Å². The number of rotatable bonds is 6. The Morgan fingerprint density at radius 1 is 0.930 bits per heavy atom. The van der Waals surface area contributed by atoms with Crippen LogP contribution in [0.25, 0.3) is 11.8 Å². The summed E-state index contributed by atoms with van der Waals surface area (Å²) in [5.41, 5.74) is 7.42. The average molecular weight is 626 g/mol. The minimum atomic E-state index is -0.232. The smallest absolute Gasteiger partial charge is 0.271 e. The molecule has 5 aromatic rings. The van der Waals surface area contributed by atoms with Gasteiger partial charge in [-0.25, -0.2) is 4.99 Å². The summed E-state index contributed by atoms with van der Waals surface area (Å²) in [4.78, 5) is 19.8. The molecule has 0 saturated heterocycles. The molecule has 0 unspecified atom stereocenters. The molecule has 0 N–H and O–H groups in total. The van der Waals surface area contributed by atoms with Gasteiger partial charge in [-0.2, -0.15) is 0 Å². The zero-order valence-electron chi connectivity index (χ0n) is 23.2. The number of benzene rings is 4. The molecule has 0 saturated carbocycles. The highest BCUT2D eigenvalue weighted by atomic mass is 35.5. The van der Waals surface area contributed by atoms with E-state index in [0.717, 1.165) is 52.3 Å². The first kappa shape index (κ1) is 27.7. The quantitative estimate of drug-likeness (QED) is 0.200. The van der Waals surface area contributed by atoms with Gasteiger partial charge in [0.1, 0.15) is 18.1 Å². The highest BCUT2D eigenvalue weighted by molar-refractivity contribution is 7.07. The van der Waals surface area contributed by atoms with Gasteiger partial charge < -0.3 is 9.47 Å². The van der Waals surface area contributed by atoms with Crippen molar-refractivity contribution in [3.63, 3.8) is 0 Å². The topological polar surface area (TPSA) is 52.8 Å². The average Bonchev–Trinajstić information content (AvgIpc) is 3.35. The van der Waals surface area contributed by atoms with Crippen LogP contribution in [0.4, 0.5) is 0 Å². The van der Waals surface area contributed by atoms with E-state index in [1.54, 1.807) is 19.2 Å².